The van der Waals surface area contributed by atoms with Gasteiger partial charge in [0, 0.05) is 12.5 Å². The van der Waals surface area contributed by atoms with Gasteiger partial charge in [-0.2, -0.15) is 0 Å². The van der Waals surface area contributed by atoms with Crippen LogP contribution in [0.3, 0.4) is 0 Å². The van der Waals surface area contributed by atoms with Gasteiger partial charge in [-0.05, 0) is 18.5 Å². The Morgan fingerprint density at radius 1 is 1.44 bits per heavy atom. The van der Waals surface area contributed by atoms with E-state index >= 15 is 0 Å². The number of benzene rings is 1. The van der Waals surface area contributed by atoms with Crippen LogP contribution < -0.4 is 11.1 Å². The molecule has 4 nitrogen and oxygen atoms in total. The van der Waals surface area contributed by atoms with E-state index in [0.717, 1.165) is 19.5 Å². The number of oxime groups is 1. The van der Waals surface area contributed by atoms with E-state index in [1.54, 1.807) is 0 Å². The van der Waals surface area contributed by atoms with Crippen LogP contribution in [0.2, 0.25) is 0 Å². The van der Waals surface area contributed by atoms with Crippen molar-refractivity contribution in [2.24, 2.45) is 16.8 Å². The molecule has 0 saturated heterocycles. The van der Waals surface area contributed by atoms with Crippen LogP contribution >= 0.6 is 0 Å². The van der Waals surface area contributed by atoms with E-state index in [9.17, 15) is 0 Å². The zero-order chi connectivity index (χ0) is 11.8. The first kappa shape index (κ1) is 12.5. The van der Waals surface area contributed by atoms with Gasteiger partial charge in [0.1, 0.15) is 5.84 Å². The molecule has 0 bridgehead atoms. The predicted octanol–water partition coefficient (Wildman–Crippen LogP) is 1.20. The molecule has 1 aromatic carbocycles. The molecule has 0 radical (unpaired) electrons. The lowest BCUT2D eigenvalue weighted by Crippen LogP contribution is -2.32. The molecule has 0 aliphatic carbocycles. The zero-order valence-electron chi connectivity index (χ0n) is 9.56. The van der Waals surface area contributed by atoms with Crippen molar-refractivity contribution in [2.45, 2.75) is 13.3 Å². The molecule has 88 valence electrons. The van der Waals surface area contributed by atoms with Gasteiger partial charge in [0.05, 0.1) is 0 Å². The molecule has 1 atom stereocenters. The number of amidine groups is 1. The summed E-state index contributed by atoms with van der Waals surface area (Å²) in [5, 5.41) is 14.7. The number of nitrogens with one attached hydrogen (secondary N) is 1. The Balaban J connectivity index is 2.17. The van der Waals surface area contributed by atoms with Gasteiger partial charge in [-0.3, -0.25) is 0 Å². The predicted molar refractivity (Wildman–Crippen MR) is 65.6 cm³/mol. The summed E-state index contributed by atoms with van der Waals surface area (Å²) in [6, 6.07) is 10.3. The van der Waals surface area contributed by atoms with E-state index in [0.29, 0.717) is 0 Å². The first-order chi connectivity index (χ1) is 7.74. The number of nitrogens with zero attached hydrogens (tertiary/aromatic N) is 1. The highest BCUT2D eigenvalue weighted by Crippen LogP contribution is 1.98. The molecule has 16 heavy (non-hydrogen) atoms. The fourth-order valence-corrected chi connectivity index (χ4v) is 1.40. The lowest BCUT2D eigenvalue weighted by atomic mass is 10.1. The molecule has 0 amide bonds. The Labute approximate surface area is 96.2 Å². The fourth-order valence-electron chi connectivity index (χ4n) is 1.40. The molecule has 4 N–H and O–H groups in total. The number of nitrogens with two attached hydrogens (primary N) is 1. The van der Waals surface area contributed by atoms with Crippen LogP contribution in [0.1, 0.15) is 12.5 Å². The van der Waals surface area contributed by atoms with Crippen LogP contribution in [0.4, 0.5) is 0 Å². The Hall–Kier alpha value is -1.55. The second-order valence-corrected chi connectivity index (χ2v) is 3.87. The number of rotatable bonds is 6. The van der Waals surface area contributed by atoms with Gasteiger partial charge in [0.15, 0.2) is 0 Å². The van der Waals surface area contributed by atoms with E-state index < -0.39 is 0 Å². The van der Waals surface area contributed by atoms with Crippen LogP contribution in [-0.4, -0.2) is 24.1 Å². The topological polar surface area (TPSA) is 70.6 Å². The first-order valence-corrected chi connectivity index (χ1v) is 5.46. The second kappa shape index (κ2) is 6.85. The van der Waals surface area contributed by atoms with Gasteiger partial charge < -0.3 is 16.3 Å². The van der Waals surface area contributed by atoms with Gasteiger partial charge in [0.25, 0.3) is 0 Å². The van der Waals surface area contributed by atoms with E-state index in [-0.39, 0.29) is 11.8 Å². The highest BCUT2D eigenvalue weighted by molar-refractivity contribution is 5.82. The monoisotopic (exact) mass is 221 g/mol. The highest BCUT2D eigenvalue weighted by Gasteiger charge is 2.05. The first-order valence-electron chi connectivity index (χ1n) is 5.46. The van der Waals surface area contributed by atoms with Crippen molar-refractivity contribution in [1.29, 1.82) is 0 Å². The summed E-state index contributed by atoms with van der Waals surface area (Å²) in [5.74, 6) is 0.327. The molecule has 0 aromatic heterocycles. The Bertz CT molecular complexity index is 324. The summed E-state index contributed by atoms with van der Waals surface area (Å²) in [5.41, 5.74) is 6.78. The van der Waals surface area contributed by atoms with Crippen LogP contribution in [0.25, 0.3) is 0 Å². The standard InChI is InChI=1S/C12H19N3O/c1-10(12(13)15-16)9-14-8-7-11-5-3-2-4-6-11/h2-6,10,14,16H,7-9H2,1H3,(H2,13,15). The van der Waals surface area contributed by atoms with Crippen LogP contribution in [0.15, 0.2) is 35.5 Å². The molecule has 0 spiro atoms. The quantitative estimate of drug-likeness (QED) is 0.222. The average Bonchev–Trinajstić information content (AvgIpc) is 2.34. The molecule has 0 heterocycles. The molecular weight excluding hydrogens is 202 g/mol. The van der Waals surface area contributed by atoms with E-state index in [1.807, 2.05) is 25.1 Å². The second-order valence-electron chi connectivity index (χ2n) is 3.87. The molecule has 0 aliphatic rings. The van der Waals surface area contributed by atoms with Gasteiger partial charge in [0.2, 0.25) is 0 Å². The molecule has 1 unspecified atom stereocenters. The van der Waals surface area contributed by atoms with E-state index in [2.05, 4.69) is 22.6 Å². The van der Waals surface area contributed by atoms with Gasteiger partial charge in [-0.1, -0.05) is 42.4 Å². The summed E-state index contributed by atoms with van der Waals surface area (Å²) in [4.78, 5) is 0. The van der Waals surface area contributed by atoms with Gasteiger partial charge in [-0.25, -0.2) is 0 Å². The Morgan fingerprint density at radius 2 is 2.12 bits per heavy atom. The SMILES string of the molecule is CC(CNCCc1ccccc1)C(N)=NO. The third kappa shape index (κ3) is 4.31. The minimum atomic E-state index is 0.0563. The molecule has 1 rings (SSSR count). The third-order valence-electron chi connectivity index (χ3n) is 2.50. The Morgan fingerprint density at radius 3 is 2.75 bits per heavy atom. The van der Waals surface area contributed by atoms with E-state index in [1.165, 1.54) is 5.56 Å². The summed E-state index contributed by atoms with van der Waals surface area (Å²) in [7, 11) is 0. The lowest BCUT2D eigenvalue weighted by molar-refractivity contribution is 0.314. The van der Waals surface area contributed by atoms with Gasteiger partial charge in [-0.15, -0.1) is 0 Å². The summed E-state index contributed by atoms with van der Waals surface area (Å²) in [6.45, 7) is 3.54. The minimum absolute atomic E-state index is 0.0563. The van der Waals surface area contributed by atoms with Crippen molar-refractivity contribution in [3.05, 3.63) is 35.9 Å². The van der Waals surface area contributed by atoms with Crippen LogP contribution in [0, 0.1) is 5.92 Å². The highest BCUT2D eigenvalue weighted by atomic mass is 16.4. The normalized spacial score (nSPS) is 13.7. The van der Waals surface area contributed by atoms with Crippen LogP contribution in [0.5, 0.6) is 0 Å². The van der Waals surface area contributed by atoms with E-state index in [4.69, 9.17) is 10.9 Å². The van der Waals surface area contributed by atoms with Crippen molar-refractivity contribution in [3.63, 3.8) is 0 Å². The number of hydrogen-bond donors (Lipinski definition) is 3. The van der Waals surface area contributed by atoms with Crippen LogP contribution in [-0.2, 0) is 6.42 Å². The van der Waals surface area contributed by atoms with Crippen molar-refractivity contribution < 1.29 is 5.21 Å². The lowest BCUT2D eigenvalue weighted by Gasteiger charge is -2.10. The average molecular weight is 221 g/mol. The van der Waals surface area contributed by atoms with Crippen molar-refractivity contribution in [2.75, 3.05) is 13.1 Å². The van der Waals surface area contributed by atoms with Crippen molar-refractivity contribution in [3.8, 4) is 0 Å². The molecule has 0 fully saturated rings. The molecule has 0 aliphatic heterocycles. The molecule has 1 aromatic rings. The maximum Gasteiger partial charge on any atom is 0.143 e. The minimum Gasteiger partial charge on any atom is -0.409 e. The van der Waals surface area contributed by atoms with Crippen molar-refractivity contribution >= 4 is 5.84 Å². The molecular formula is C12H19N3O. The number of hydrogen-bond acceptors (Lipinski definition) is 3. The maximum atomic E-state index is 8.47. The summed E-state index contributed by atoms with van der Waals surface area (Å²) >= 11 is 0. The summed E-state index contributed by atoms with van der Waals surface area (Å²) < 4.78 is 0. The molecule has 0 saturated carbocycles. The van der Waals surface area contributed by atoms with Gasteiger partial charge >= 0.3 is 0 Å². The smallest absolute Gasteiger partial charge is 0.143 e. The molecule has 4 heteroatoms. The summed E-state index contributed by atoms with van der Waals surface area (Å²) in [6.07, 6.45) is 0.990. The zero-order valence-corrected chi connectivity index (χ0v) is 9.56. The Kier molecular flexibility index (Phi) is 5.36. The maximum absolute atomic E-state index is 8.47. The third-order valence-corrected chi connectivity index (χ3v) is 2.50. The van der Waals surface area contributed by atoms with Crippen molar-refractivity contribution in [1.82, 2.24) is 5.32 Å². The largest absolute Gasteiger partial charge is 0.409 e. The fraction of sp³-hybridized carbons (Fsp3) is 0.417.